The maximum atomic E-state index is 13.2. The van der Waals surface area contributed by atoms with Crippen molar-refractivity contribution < 1.29 is 18.9 Å². The molecular weight excluding hydrogens is 486 g/mol. The van der Waals surface area contributed by atoms with Crippen molar-refractivity contribution in [3.05, 3.63) is 95.1 Å². The fourth-order valence-electron chi connectivity index (χ4n) is 4.58. The van der Waals surface area contributed by atoms with Crippen molar-refractivity contribution in [2.45, 2.75) is 13.5 Å². The second kappa shape index (κ2) is 11.2. The first-order valence-electron chi connectivity index (χ1n) is 12.4. The van der Waals surface area contributed by atoms with E-state index in [2.05, 4.69) is 27.7 Å². The number of hydrogen-bond acceptors (Lipinski definition) is 6. The Morgan fingerprint density at radius 3 is 2.46 bits per heavy atom. The number of benzene rings is 3. The summed E-state index contributed by atoms with van der Waals surface area (Å²) in [6.45, 7) is 4.57. The minimum Gasteiger partial charge on any atom is -0.616 e. The summed E-state index contributed by atoms with van der Waals surface area (Å²) in [5.74, 6) is 0.814. The van der Waals surface area contributed by atoms with Gasteiger partial charge in [-0.3, -0.25) is 9.69 Å². The summed E-state index contributed by atoms with van der Waals surface area (Å²) in [6, 6.07) is 23.0. The van der Waals surface area contributed by atoms with E-state index in [1.54, 1.807) is 25.1 Å². The number of anilines is 2. The second-order valence-corrected chi connectivity index (χ2v) is 10.7. The molecule has 0 aliphatic carbocycles. The maximum Gasteiger partial charge on any atom is 0.338 e. The zero-order chi connectivity index (χ0) is 25.8. The number of ether oxygens (including phenoxy) is 1. The molecule has 190 valence electrons. The van der Waals surface area contributed by atoms with Gasteiger partial charge in [0.25, 0.3) is 5.91 Å². The van der Waals surface area contributed by atoms with Crippen LogP contribution in [-0.2, 0) is 27.3 Å². The molecule has 5 rings (SSSR count). The van der Waals surface area contributed by atoms with Crippen LogP contribution in [0.5, 0.6) is 0 Å². The lowest BCUT2D eigenvalue weighted by atomic mass is 9.99. The van der Waals surface area contributed by atoms with Gasteiger partial charge in [-0.1, -0.05) is 59.7 Å². The zero-order valence-corrected chi connectivity index (χ0v) is 21.5. The summed E-state index contributed by atoms with van der Waals surface area (Å²) < 4.78 is 16.7. The third-order valence-electron chi connectivity index (χ3n) is 6.49. The molecule has 0 unspecified atom stereocenters. The molecule has 0 aromatic heterocycles. The van der Waals surface area contributed by atoms with Crippen LogP contribution in [0.25, 0.3) is 11.3 Å². The quantitative estimate of drug-likeness (QED) is 0.276. The summed E-state index contributed by atoms with van der Waals surface area (Å²) in [4.78, 5) is 27.7. The van der Waals surface area contributed by atoms with E-state index in [0.29, 0.717) is 22.5 Å². The molecule has 1 fully saturated rings. The molecule has 2 aliphatic rings. The van der Waals surface area contributed by atoms with Gasteiger partial charge in [-0.05, 0) is 42.3 Å². The van der Waals surface area contributed by atoms with Crippen LogP contribution in [0.3, 0.4) is 0 Å². The summed E-state index contributed by atoms with van der Waals surface area (Å²) in [6.07, 6.45) is 0. The topological polar surface area (TPSA) is 93.7 Å². The van der Waals surface area contributed by atoms with Gasteiger partial charge in [0.2, 0.25) is 0 Å². The van der Waals surface area contributed by atoms with E-state index < -0.39 is 17.1 Å². The average molecular weight is 516 g/mol. The van der Waals surface area contributed by atoms with E-state index in [0.717, 1.165) is 48.0 Å². The van der Waals surface area contributed by atoms with E-state index >= 15 is 0 Å². The number of amides is 1. The normalized spacial score (nSPS) is 17.2. The zero-order valence-electron chi connectivity index (χ0n) is 20.7. The van der Waals surface area contributed by atoms with Crippen LogP contribution >= 0.6 is 0 Å². The molecule has 2 aliphatic heterocycles. The first-order valence-corrected chi connectivity index (χ1v) is 13.9. The number of hydrogen-bond donors (Lipinski definition) is 2. The van der Waals surface area contributed by atoms with Crippen molar-refractivity contribution in [2.75, 3.05) is 41.8 Å². The lowest BCUT2D eigenvalue weighted by Crippen LogP contribution is -2.39. The first-order chi connectivity index (χ1) is 18.0. The van der Waals surface area contributed by atoms with Gasteiger partial charge in [0.05, 0.1) is 29.1 Å². The van der Waals surface area contributed by atoms with Gasteiger partial charge in [-0.2, -0.15) is 0 Å². The molecule has 3 aromatic rings. The smallest absolute Gasteiger partial charge is 0.338 e. The number of nitrogens with zero attached hydrogens (tertiary/aromatic N) is 1. The Bertz CT molecular complexity index is 1320. The lowest BCUT2D eigenvalue weighted by Gasteiger charge is -2.28. The number of carbonyl (C=O) groups excluding carboxylic acids is 2. The van der Waals surface area contributed by atoms with Gasteiger partial charge in [-0.15, -0.1) is 0 Å². The van der Waals surface area contributed by atoms with Crippen molar-refractivity contribution in [1.29, 1.82) is 0 Å². The van der Waals surface area contributed by atoms with Gasteiger partial charge in [0.1, 0.15) is 11.5 Å². The van der Waals surface area contributed by atoms with Crippen molar-refractivity contribution >= 4 is 45.7 Å². The van der Waals surface area contributed by atoms with Crippen LogP contribution in [0.1, 0.15) is 34.0 Å². The highest BCUT2D eigenvalue weighted by atomic mass is 32.2. The fourth-order valence-corrected chi connectivity index (χ4v) is 5.70. The Morgan fingerprint density at radius 2 is 1.76 bits per heavy atom. The molecule has 0 atom stereocenters. The Labute approximate surface area is 219 Å². The van der Waals surface area contributed by atoms with Crippen LogP contribution in [0, 0.1) is 0 Å². The summed E-state index contributed by atoms with van der Waals surface area (Å²) in [7, 11) is 0. The number of fused-ring (bicyclic) bond motifs is 1. The van der Waals surface area contributed by atoms with Gasteiger partial charge in [0, 0.05) is 30.9 Å². The van der Waals surface area contributed by atoms with Gasteiger partial charge < -0.3 is 19.9 Å². The van der Waals surface area contributed by atoms with Crippen LogP contribution in [0.4, 0.5) is 11.4 Å². The average Bonchev–Trinajstić information content (AvgIpc) is 3.25. The molecule has 37 heavy (non-hydrogen) atoms. The molecule has 8 heteroatoms. The molecule has 0 radical (unpaired) electrons. The Balaban J connectivity index is 1.44. The minimum absolute atomic E-state index is 0.235. The largest absolute Gasteiger partial charge is 0.616 e. The van der Waals surface area contributed by atoms with E-state index in [-0.39, 0.29) is 12.5 Å². The van der Waals surface area contributed by atoms with Crippen LogP contribution < -0.4 is 10.6 Å². The van der Waals surface area contributed by atoms with Gasteiger partial charge in [-0.25, -0.2) is 4.79 Å². The number of esters is 1. The van der Waals surface area contributed by atoms with Crippen LogP contribution in [0.2, 0.25) is 0 Å². The number of nitrogens with one attached hydrogen (secondary N) is 2. The van der Waals surface area contributed by atoms with Crippen molar-refractivity contribution in [2.24, 2.45) is 0 Å². The highest BCUT2D eigenvalue weighted by Gasteiger charge is 2.29. The minimum atomic E-state index is -0.685. The third kappa shape index (κ3) is 5.72. The Morgan fingerprint density at radius 1 is 1.03 bits per heavy atom. The van der Waals surface area contributed by atoms with Crippen molar-refractivity contribution in [3.8, 4) is 0 Å². The second-order valence-electron chi connectivity index (χ2n) is 9.00. The fraction of sp³-hybridized carbons (Fsp3) is 0.241. The van der Waals surface area contributed by atoms with E-state index in [4.69, 9.17) is 4.74 Å². The van der Waals surface area contributed by atoms with Gasteiger partial charge >= 0.3 is 5.97 Å². The molecule has 1 saturated heterocycles. The molecule has 2 heterocycles. The van der Waals surface area contributed by atoms with Crippen LogP contribution in [0.15, 0.2) is 72.8 Å². The molecule has 0 spiro atoms. The molecule has 2 N–H and O–H groups in total. The molecule has 1 amide bonds. The number of carbonyl (C=O) groups is 2. The van der Waals surface area contributed by atoms with Crippen molar-refractivity contribution in [1.82, 2.24) is 4.90 Å². The third-order valence-corrected chi connectivity index (χ3v) is 7.76. The predicted molar refractivity (Wildman–Crippen MR) is 148 cm³/mol. The first kappa shape index (κ1) is 25.1. The Kier molecular flexibility index (Phi) is 7.60. The molecular formula is C29H29N3O4S. The maximum absolute atomic E-state index is 13.2. The van der Waals surface area contributed by atoms with Gasteiger partial charge in [0.15, 0.2) is 0 Å². The highest BCUT2D eigenvalue weighted by Crippen LogP contribution is 2.38. The molecule has 7 nitrogen and oxygen atoms in total. The number of rotatable bonds is 7. The molecule has 0 bridgehead atoms. The monoisotopic (exact) mass is 515 g/mol. The highest BCUT2D eigenvalue weighted by molar-refractivity contribution is 7.91. The van der Waals surface area contributed by atoms with E-state index in [1.165, 1.54) is 5.56 Å². The lowest BCUT2D eigenvalue weighted by molar-refractivity contribution is -0.110. The standard InChI is InChI=1S/C29H29N3O4S/c1-2-36-29(34)22-10-13-24-25(18-22)31-28(33)26(24)27(21-6-4-3-5-7-21)30-23-11-8-20(9-12-23)19-32-14-16-37(35)17-15-32/h3-13,18,30H,2,14-17,19H2,1H3,(H,31,33). The summed E-state index contributed by atoms with van der Waals surface area (Å²) in [5.41, 5.74) is 5.82. The van der Waals surface area contributed by atoms with E-state index in [1.807, 2.05) is 42.5 Å². The van der Waals surface area contributed by atoms with Crippen molar-refractivity contribution in [3.63, 3.8) is 0 Å². The molecule has 0 saturated carbocycles. The molecule has 3 aromatic carbocycles. The van der Waals surface area contributed by atoms with E-state index in [9.17, 15) is 14.1 Å². The summed E-state index contributed by atoms with van der Waals surface area (Å²) in [5, 5.41) is 6.38. The summed E-state index contributed by atoms with van der Waals surface area (Å²) >= 11 is -0.685. The predicted octanol–water partition coefficient (Wildman–Crippen LogP) is 4.36. The van der Waals surface area contributed by atoms with Crippen LogP contribution in [-0.4, -0.2) is 52.5 Å². The Hall–Kier alpha value is -3.59. The SMILES string of the molecule is CCOC(=O)c1ccc2c(c1)NC(=O)C2=C(Nc1ccc(CN2CC[S+]([O-])CC2)cc1)c1ccccc1.